The highest BCUT2D eigenvalue weighted by molar-refractivity contribution is 6.16. The fraction of sp³-hybridized carbons (Fsp3) is 0.125. The second-order valence-electron chi connectivity index (χ2n) is 4.69. The molecule has 21 heavy (non-hydrogen) atoms. The van der Waals surface area contributed by atoms with Crippen LogP contribution in [0.15, 0.2) is 42.5 Å². The molecule has 0 fully saturated rings. The summed E-state index contributed by atoms with van der Waals surface area (Å²) in [4.78, 5) is 4.41. The van der Waals surface area contributed by atoms with Crippen molar-refractivity contribution in [2.45, 2.75) is 12.4 Å². The van der Waals surface area contributed by atoms with Gasteiger partial charge >= 0.3 is 0 Å². The van der Waals surface area contributed by atoms with Crippen LogP contribution in [-0.2, 0) is 12.4 Å². The number of benzene rings is 2. The Morgan fingerprint density at radius 1 is 1.24 bits per heavy atom. The van der Waals surface area contributed by atoms with E-state index in [0.29, 0.717) is 29.0 Å². The number of nitriles is 1. The number of fused-ring (bicyclic) bond motifs is 1. The summed E-state index contributed by atoms with van der Waals surface area (Å²) in [5.41, 5.74) is 2.95. The molecule has 0 saturated heterocycles. The van der Waals surface area contributed by atoms with Crippen molar-refractivity contribution >= 4 is 22.6 Å². The maximum absolute atomic E-state index is 13.5. The van der Waals surface area contributed by atoms with Crippen LogP contribution < -0.4 is 0 Å². The summed E-state index contributed by atoms with van der Waals surface area (Å²) in [6.45, 7) is 0.498. The Morgan fingerprint density at radius 3 is 2.86 bits per heavy atom. The van der Waals surface area contributed by atoms with Crippen molar-refractivity contribution in [3.05, 3.63) is 65.2 Å². The molecular formula is C16H11ClFN3. The second kappa shape index (κ2) is 5.55. The van der Waals surface area contributed by atoms with E-state index in [1.807, 2.05) is 22.8 Å². The molecule has 0 aliphatic rings. The maximum atomic E-state index is 13.5. The number of aromatic nitrogens is 2. The molecule has 1 aromatic heterocycles. The summed E-state index contributed by atoms with van der Waals surface area (Å²) in [5.74, 6) is 0.615. The normalized spacial score (nSPS) is 10.7. The molecule has 3 aromatic rings. The van der Waals surface area contributed by atoms with Crippen LogP contribution in [0.2, 0.25) is 0 Å². The molecule has 0 aliphatic heterocycles. The van der Waals surface area contributed by atoms with E-state index in [9.17, 15) is 4.39 Å². The minimum Gasteiger partial charge on any atom is -0.322 e. The molecular weight excluding hydrogens is 289 g/mol. The molecule has 0 unspecified atom stereocenters. The van der Waals surface area contributed by atoms with Gasteiger partial charge in [-0.15, -0.1) is 11.6 Å². The number of halogens is 2. The van der Waals surface area contributed by atoms with Crippen LogP contribution in [0.25, 0.3) is 11.0 Å². The zero-order valence-electron chi connectivity index (χ0n) is 11.1. The van der Waals surface area contributed by atoms with E-state index in [1.165, 1.54) is 12.1 Å². The Bertz CT molecular complexity index is 848. The van der Waals surface area contributed by atoms with Gasteiger partial charge < -0.3 is 4.57 Å². The lowest BCUT2D eigenvalue weighted by molar-refractivity contribution is 0.628. The van der Waals surface area contributed by atoms with E-state index in [0.717, 1.165) is 5.56 Å². The van der Waals surface area contributed by atoms with Crippen LogP contribution in [0.4, 0.5) is 4.39 Å². The van der Waals surface area contributed by atoms with Crippen molar-refractivity contribution < 1.29 is 4.39 Å². The van der Waals surface area contributed by atoms with E-state index in [1.54, 1.807) is 12.1 Å². The smallest absolute Gasteiger partial charge is 0.125 e. The standard InChI is InChI=1S/C16H11ClFN3/c17-8-16-20-14-5-4-13(18)7-15(14)21(16)10-12-3-1-2-11(6-12)9-19/h1-7H,8,10H2. The number of hydrogen-bond acceptors (Lipinski definition) is 2. The topological polar surface area (TPSA) is 41.6 Å². The first-order valence-electron chi connectivity index (χ1n) is 6.41. The predicted octanol–water partition coefficient (Wildman–Crippen LogP) is 3.83. The van der Waals surface area contributed by atoms with Crippen molar-refractivity contribution in [3.63, 3.8) is 0 Å². The zero-order chi connectivity index (χ0) is 14.8. The van der Waals surface area contributed by atoms with Crippen molar-refractivity contribution in [2.24, 2.45) is 0 Å². The number of nitrogens with zero attached hydrogens (tertiary/aromatic N) is 3. The number of alkyl halides is 1. The molecule has 0 atom stereocenters. The average molecular weight is 300 g/mol. The molecule has 0 spiro atoms. The van der Waals surface area contributed by atoms with Gasteiger partial charge in [0.2, 0.25) is 0 Å². The molecule has 0 aliphatic carbocycles. The van der Waals surface area contributed by atoms with Crippen molar-refractivity contribution in [2.75, 3.05) is 0 Å². The predicted molar refractivity (Wildman–Crippen MR) is 79.5 cm³/mol. The summed E-state index contributed by atoms with van der Waals surface area (Å²) in [5, 5.41) is 8.96. The SMILES string of the molecule is N#Cc1cccc(Cn2c(CCl)nc3ccc(F)cc32)c1. The van der Waals surface area contributed by atoms with Crippen molar-refractivity contribution in [1.82, 2.24) is 9.55 Å². The lowest BCUT2D eigenvalue weighted by Crippen LogP contribution is -2.04. The molecule has 5 heteroatoms. The first kappa shape index (κ1) is 13.6. The molecule has 0 N–H and O–H groups in total. The molecule has 2 aromatic carbocycles. The molecule has 0 amide bonds. The van der Waals surface area contributed by atoms with Crippen LogP contribution in [0.1, 0.15) is 17.0 Å². The molecule has 0 saturated carbocycles. The largest absolute Gasteiger partial charge is 0.322 e. The van der Waals surface area contributed by atoms with Crippen LogP contribution in [0.3, 0.4) is 0 Å². The second-order valence-corrected chi connectivity index (χ2v) is 4.96. The van der Waals surface area contributed by atoms with Crippen LogP contribution in [-0.4, -0.2) is 9.55 Å². The Morgan fingerprint density at radius 2 is 2.10 bits per heavy atom. The highest BCUT2D eigenvalue weighted by Gasteiger charge is 2.11. The van der Waals surface area contributed by atoms with Gasteiger partial charge in [-0.1, -0.05) is 12.1 Å². The fourth-order valence-electron chi connectivity index (χ4n) is 2.35. The van der Waals surface area contributed by atoms with Crippen molar-refractivity contribution in [1.29, 1.82) is 5.26 Å². The van der Waals surface area contributed by atoms with Crippen LogP contribution >= 0.6 is 11.6 Å². The summed E-state index contributed by atoms with van der Waals surface area (Å²) >= 11 is 5.94. The van der Waals surface area contributed by atoms with E-state index in [4.69, 9.17) is 16.9 Å². The average Bonchev–Trinajstić information content (AvgIpc) is 2.85. The lowest BCUT2D eigenvalue weighted by Gasteiger charge is -2.08. The number of imidazole rings is 1. The first-order chi connectivity index (χ1) is 10.2. The van der Waals surface area contributed by atoms with Gasteiger partial charge in [0.05, 0.1) is 28.5 Å². The third kappa shape index (κ3) is 2.61. The van der Waals surface area contributed by atoms with Gasteiger partial charge in [0.1, 0.15) is 11.6 Å². The molecule has 3 nitrogen and oxygen atoms in total. The Kier molecular flexibility index (Phi) is 3.59. The van der Waals surface area contributed by atoms with Gasteiger partial charge in [0.25, 0.3) is 0 Å². The van der Waals surface area contributed by atoms with Crippen LogP contribution in [0.5, 0.6) is 0 Å². The summed E-state index contributed by atoms with van der Waals surface area (Å²) in [7, 11) is 0. The van der Waals surface area contributed by atoms with E-state index >= 15 is 0 Å². The first-order valence-corrected chi connectivity index (χ1v) is 6.94. The highest BCUT2D eigenvalue weighted by atomic mass is 35.5. The van der Waals surface area contributed by atoms with Gasteiger partial charge in [-0.3, -0.25) is 0 Å². The van der Waals surface area contributed by atoms with Crippen LogP contribution in [0, 0.1) is 17.1 Å². The fourth-order valence-corrected chi connectivity index (χ4v) is 2.55. The van der Waals surface area contributed by atoms with Crippen molar-refractivity contribution in [3.8, 4) is 6.07 Å². The molecule has 1 heterocycles. The minimum atomic E-state index is -0.310. The summed E-state index contributed by atoms with van der Waals surface area (Å²) in [6, 6.07) is 13.9. The van der Waals surface area contributed by atoms with Gasteiger partial charge in [0, 0.05) is 6.54 Å². The molecule has 0 radical (unpaired) electrons. The molecule has 3 rings (SSSR count). The Labute approximate surface area is 126 Å². The quantitative estimate of drug-likeness (QED) is 0.690. The van der Waals surface area contributed by atoms with Gasteiger partial charge in [-0.2, -0.15) is 5.26 Å². The maximum Gasteiger partial charge on any atom is 0.125 e. The summed E-state index contributed by atoms with van der Waals surface area (Å²) < 4.78 is 15.3. The number of hydrogen-bond donors (Lipinski definition) is 0. The minimum absolute atomic E-state index is 0.244. The van der Waals surface area contributed by atoms with Gasteiger partial charge in [0.15, 0.2) is 0 Å². The third-order valence-electron chi connectivity index (χ3n) is 3.31. The molecule has 104 valence electrons. The zero-order valence-corrected chi connectivity index (χ0v) is 11.8. The Balaban J connectivity index is 2.10. The van der Waals surface area contributed by atoms with E-state index in [-0.39, 0.29) is 11.7 Å². The Hall–Kier alpha value is -2.38. The van der Waals surface area contributed by atoms with Gasteiger partial charge in [-0.25, -0.2) is 9.37 Å². The lowest BCUT2D eigenvalue weighted by atomic mass is 10.1. The molecule has 0 bridgehead atoms. The summed E-state index contributed by atoms with van der Waals surface area (Å²) in [6.07, 6.45) is 0. The van der Waals surface area contributed by atoms with E-state index < -0.39 is 0 Å². The van der Waals surface area contributed by atoms with E-state index in [2.05, 4.69) is 11.1 Å². The monoisotopic (exact) mass is 299 g/mol. The number of rotatable bonds is 3. The van der Waals surface area contributed by atoms with Gasteiger partial charge in [-0.05, 0) is 35.9 Å². The third-order valence-corrected chi connectivity index (χ3v) is 3.54. The highest BCUT2D eigenvalue weighted by Crippen LogP contribution is 2.20.